The summed E-state index contributed by atoms with van der Waals surface area (Å²) in [4.78, 5) is 7.61. The van der Waals surface area contributed by atoms with Crippen molar-refractivity contribution in [2.75, 3.05) is 0 Å². The number of benzene rings is 1. The molecule has 2 heterocycles. The minimum Gasteiger partial charge on any atom is -0.392 e. The van der Waals surface area contributed by atoms with E-state index in [0.717, 1.165) is 33.1 Å². The van der Waals surface area contributed by atoms with Crippen molar-refractivity contribution in [3.63, 3.8) is 0 Å². The highest BCUT2D eigenvalue weighted by atomic mass is 16.3. The first kappa shape index (κ1) is 9.36. The molecule has 0 amide bonds. The molecule has 80 valence electrons. The molecule has 0 saturated heterocycles. The zero-order valence-corrected chi connectivity index (χ0v) is 8.99. The molecular weight excluding hydrogens is 200 g/mol. The lowest BCUT2D eigenvalue weighted by Crippen LogP contribution is -1.92. The van der Waals surface area contributed by atoms with Crippen molar-refractivity contribution in [3.05, 3.63) is 41.7 Å². The summed E-state index contributed by atoms with van der Waals surface area (Å²) in [6, 6.07) is 7.96. The van der Waals surface area contributed by atoms with Crippen LogP contribution in [0.25, 0.3) is 21.8 Å². The van der Waals surface area contributed by atoms with Gasteiger partial charge in [-0.05, 0) is 30.7 Å². The average molecular weight is 212 g/mol. The Bertz CT molecular complexity index is 670. The second kappa shape index (κ2) is 3.32. The smallest absolute Gasteiger partial charge is 0.0723 e. The Hall–Kier alpha value is -1.87. The highest BCUT2D eigenvalue weighted by molar-refractivity contribution is 6.05. The Morgan fingerprint density at radius 3 is 2.94 bits per heavy atom. The van der Waals surface area contributed by atoms with Crippen molar-refractivity contribution in [2.45, 2.75) is 13.5 Å². The van der Waals surface area contributed by atoms with Crippen LogP contribution < -0.4 is 0 Å². The van der Waals surface area contributed by atoms with Crippen molar-refractivity contribution in [2.24, 2.45) is 0 Å². The molecule has 0 aliphatic heterocycles. The second-order valence-electron chi connectivity index (χ2n) is 4.00. The van der Waals surface area contributed by atoms with Crippen LogP contribution in [0, 0.1) is 6.92 Å². The molecule has 16 heavy (non-hydrogen) atoms. The molecule has 0 radical (unpaired) electrons. The van der Waals surface area contributed by atoms with Crippen molar-refractivity contribution >= 4 is 21.8 Å². The Morgan fingerprint density at radius 1 is 1.25 bits per heavy atom. The molecule has 3 nitrogen and oxygen atoms in total. The zero-order chi connectivity index (χ0) is 11.1. The number of aryl methyl sites for hydroxylation is 1. The van der Waals surface area contributed by atoms with Crippen molar-refractivity contribution < 1.29 is 5.11 Å². The number of hydrogen-bond donors (Lipinski definition) is 2. The van der Waals surface area contributed by atoms with E-state index in [-0.39, 0.29) is 6.61 Å². The van der Waals surface area contributed by atoms with Crippen LogP contribution in [0.3, 0.4) is 0 Å². The van der Waals surface area contributed by atoms with E-state index in [1.165, 1.54) is 0 Å². The molecule has 2 N–H and O–H groups in total. The van der Waals surface area contributed by atoms with Gasteiger partial charge in [0.2, 0.25) is 0 Å². The lowest BCUT2D eigenvalue weighted by atomic mass is 10.1. The fraction of sp³-hybridized carbons (Fsp3) is 0.154. The van der Waals surface area contributed by atoms with Gasteiger partial charge in [0.25, 0.3) is 0 Å². The molecule has 3 aromatic rings. The molecular formula is C13H12N2O. The van der Waals surface area contributed by atoms with E-state index in [1.54, 1.807) is 6.20 Å². The molecule has 0 fully saturated rings. The summed E-state index contributed by atoms with van der Waals surface area (Å²) in [5.41, 5.74) is 4.04. The second-order valence-corrected chi connectivity index (χ2v) is 4.00. The fourth-order valence-corrected chi connectivity index (χ4v) is 2.19. The molecule has 1 aromatic carbocycles. The standard InChI is InChI=1S/C13H12N2O/c1-8-6-9(7-16)10-2-3-12-11(4-5-14-12)13(10)15-8/h2-6,15-16H,7H2,1H3. The monoisotopic (exact) mass is 212 g/mol. The van der Waals surface area contributed by atoms with Crippen LogP contribution in [0.1, 0.15) is 11.3 Å². The predicted octanol–water partition coefficient (Wildman–Crippen LogP) is 2.52. The summed E-state index contributed by atoms with van der Waals surface area (Å²) in [5, 5.41) is 11.5. The van der Waals surface area contributed by atoms with Crippen LogP contribution in [-0.4, -0.2) is 15.1 Å². The number of aromatic amines is 1. The van der Waals surface area contributed by atoms with E-state index in [0.29, 0.717) is 0 Å². The number of fused-ring (bicyclic) bond motifs is 3. The van der Waals surface area contributed by atoms with Crippen molar-refractivity contribution in [1.29, 1.82) is 0 Å². The molecule has 0 saturated carbocycles. The largest absolute Gasteiger partial charge is 0.392 e. The summed E-state index contributed by atoms with van der Waals surface area (Å²) in [6.07, 6.45) is 1.80. The van der Waals surface area contributed by atoms with Gasteiger partial charge in [0.05, 0.1) is 17.6 Å². The van der Waals surface area contributed by atoms with Crippen LogP contribution in [0.4, 0.5) is 0 Å². The number of aromatic nitrogens is 2. The van der Waals surface area contributed by atoms with Gasteiger partial charge >= 0.3 is 0 Å². The predicted molar refractivity (Wildman–Crippen MR) is 64.3 cm³/mol. The normalized spacial score (nSPS) is 11.4. The highest BCUT2D eigenvalue weighted by Gasteiger charge is 2.06. The molecule has 0 spiro atoms. The maximum absolute atomic E-state index is 9.35. The Morgan fingerprint density at radius 2 is 2.12 bits per heavy atom. The summed E-state index contributed by atoms with van der Waals surface area (Å²) >= 11 is 0. The third-order valence-electron chi connectivity index (χ3n) is 2.91. The van der Waals surface area contributed by atoms with E-state index in [9.17, 15) is 5.11 Å². The molecule has 0 aliphatic rings. The van der Waals surface area contributed by atoms with Gasteiger partial charge in [-0.3, -0.25) is 4.98 Å². The van der Waals surface area contributed by atoms with Crippen molar-refractivity contribution in [1.82, 2.24) is 9.97 Å². The van der Waals surface area contributed by atoms with Gasteiger partial charge in [-0.1, -0.05) is 6.07 Å². The first-order valence-electron chi connectivity index (χ1n) is 5.26. The molecule has 3 heteroatoms. The molecule has 0 atom stereocenters. The number of hydrogen-bond acceptors (Lipinski definition) is 2. The minimum atomic E-state index is 0.0612. The van der Waals surface area contributed by atoms with Crippen LogP contribution in [0.15, 0.2) is 30.5 Å². The first-order chi connectivity index (χ1) is 7.79. The van der Waals surface area contributed by atoms with Crippen LogP contribution in [0.2, 0.25) is 0 Å². The molecule has 2 aromatic heterocycles. The molecule has 3 rings (SSSR count). The summed E-state index contributed by atoms with van der Waals surface area (Å²) in [5.74, 6) is 0. The van der Waals surface area contributed by atoms with Gasteiger partial charge in [0.1, 0.15) is 0 Å². The van der Waals surface area contributed by atoms with Crippen molar-refractivity contribution in [3.8, 4) is 0 Å². The van der Waals surface area contributed by atoms with Gasteiger partial charge in [0, 0.05) is 22.7 Å². The topological polar surface area (TPSA) is 48.9 Å². The number of rotatable bonds is 1. The van der Waals surface area contributed by atoms with Crippen LogP contribution >= 0.6 is 0 Å². The number of aliphatic hydroxyl groups excluding tert-OH is 1. The quantitative estimate of drug-likeness (QED) is 0.651. The lowest BCUT2D eigenvalue weighted by molar-refractivity contribution is 0.283. The third-order valence-corrected chi connectivity index (χ3v) is 2.91. The fourth-order valence-electron chi connectivity index (χ4n) is 2.19. The van der Waals surface area contributed by atoms with E-state index in [2.05, 4.69) is 9.97 Å². The van der Waals surface area contributed by atoms with Gasteiger partial charge < -0.3 is 10.1 Å². The number of aliphatic hydroxyl groups is 1. The Kier molecular flexibility index (Phi) is 1.94. The average Bonchev–Trinajstić information content (AvgIpc) is 2.76. The summed E-state index contributed by atoms with van der Waals surface area (Å²) in [6.45, 7) is 2.06. The molecule has 0 unspecified atom stereocenters. The van der Waals surface area contributed by atoms with Gasteiger partial charge in [0.15, 0.2) is 0 Å². The number of H-pyrrole nitrogens is 1. The number of nitrogens with one attached hydrogen (secondary N) is 1. The molecule has 0 aliphatic carbocycles. The van der Waals surface area contributed by atoms with Gasteiger partial charge in [-0.25, -0.2) is 0 Å². The summed E-state index contributed by atoms with van der Waals surface area (Å²) in [7, 11) is 0. The van der Waals surface area contributed by atoms with E-state index >= 15 is 0 Å². The maximum Gasteiger partial charge on any atom is 0.0723 e. The highest BCUT2D eigenvalue weighted by Crippen LogP contribution is 2.26. The van der Waals surface area contributed by atoms with Gasteiger partial charge in [-0.15, -0.1) is 0 Å². The first-order valence-corrected chi connectivity index (χ1v) is 5.26. The number of pyridine rings is 1. The van der Waals surface area contributed by atoms with Crippen LogP contribution in [0.5, 0.6) is 0 Å². The number of nitrogens with zero attached hydrogens (tertiary/aromatic N) is 1. The van der Waals surface area contributed by atoms with Crippen LogP contribution in [-0.2, 0) is 6.61 Å². The Balaban J connectivity index is 2.54. The summed E-state index contributed by atoms with van der Waals surface area (Å²) < 4.78 is 0. The van der Waals surface area contributed by atoms with Gasteiger partial charge in [-0.2, -0.15) is 0 Å². The SMILES string of the molecule is Cc1cc(CO)c2ccc3nccc3c2[nH]1. The Labute approximate surface area is 92.7 Å². The van der Waals surface area contributed by atoms with E-state index in [1.807, 2.05) is 31.2 Å². The third kappa shape index (κ3) is 1.22. The lowest BCUT2D eigenvalue weighted by Gasteiger charge is -2.07. The molecule has 0 bridgehead atoms. The minimum absolute atomic E-state index is 0.0612. The zero-order valence-electron chi connectivity index (χ0n) is 8.99. The maximum atomic E-state index is 9.35. The van der Waals surface area contributed by atoms with E-state index < -0.39 is 0 Å². The van der Waals surface area contributed by atoms with E-state index in [4.69, 9.17) is 0 Å².